The first-order valence-corrected chi connectivity index (χ1v) is 7.96. The molecule has 0 spiro atoms. The third-order valence-electron chi connectivity index (χ3n) is 4.17. The number of aromatic nitrogens is 3. The minimum atomic E-state index is -0.0264. The Labute approximate surface area is 120 Å². The fraction of sp³-hybridized carbons (Fsp3) is 0.571. The van der Waals surface area contributed by atoms with Gasteiger partial charge in [-0.3, -0.25) is 4.40 Å². The second-order valence-corrected chi connectivity index (χ2v) is 6.12. The summed E-state index contributed by atoms with van der Waals surface area (Å²) < 4.78 is 3.26. The van der Waals surface area contributed by atoms with Crippen LogP contribution < -0.4 is 5.69 Å². The van der Waals surface area contributed by atoms with Gasteiger partial charge in [0, 0.05) is 11.5 Å². The number of alkyl halides is 1. The normalized spacial score (nSPS) is 18.8. The van der Waals surface area contributed by atoms with Crippen LogP contribution in [0.3, 0.4) is 0 Å². The third kappa shape index (κ3) is 2.36. The molecule has 4 nitrogen and oxygen atoms in total. The summed E-state index contributed by atoms with van der Waals surface area (Å²) in [5.74, 6) is 0. The molecular formula is C14H18BrN3O. The molecule has 2 heterocycles. The summed E-state index contributed by atoms with van der Waals surface area (Å²) in [6, 6.07) is 5.65. The third-order valence-corrected chi connectivity index (χ3v) is 5.36. The molecule has 0 aliphatic heterocycles. The van der Waals surface area contributed by atoms with E-state index in [4.69, 9.17) is 0 Å². The van der Waals surface area contributed by atoms with Gasteiger partial charge in [0.25, 0.3) is 0 Å². The molecular weight excluding hydrogens is 306 g/mol. The number of hydrogen-bond acceptors (Lipinski definition) is 2. The van der Waals surface area contributed by atoms with Crippen molar-refractivity contribution in [1.29, 1.82) is 0 Å². The Balaban J connectivity index is 1.96. The first kappa shape index (κ1) is 12.9. The van der Waals surface area contributed by atoms with E-state index in [1.165, 1.54) is 32.1 Å². The minimum Gasteiger partial charge on any atom is -0.250 e. The average Bonchev–Trinajstić information content (AvgIpc) is 2.77. The molecule has 19 heavy (non-hydrogen) atoms. The Hall–Kier alpha value is -1.10. The van der Waals surface area contributed by atoms with Crippen molar-refractivity contribution in [3.8, 4) is 0 Å². The molecule has 0 amide bonds. The highest BCUT2D eigenvalue weighted by molar-refractivity contribution is 9.09. The molecule has 102 valence electrons. The summed E-state index contributed by atoms with van der Waals surface area (Å²) in [6.45, 7) is 0.721. The molecule has 0 aromatic carbocycles. The zero-order chi connectivity index (χ0) is 13.3. The van der Waals surface area contributed by atoms with Crippen LogP contribution in [-0.2, 0) is 6.54 Å². The Kier molecular flexibility index (Phi) is 3.48. The molecule has 3 rings (SSSR count). The zero-order valence-electron chi connectivity index (χ0n) is 10.9. The Morgan fingerprint density at radius 1 is 1.26 bits per heavy atom. The van der Waals surface area contributed by atoms with E-state index in [9.17, 15) is 4.79 Å². The van der Waals surface area contributed by atoms with Crippen LogP contribution in [-0.4, -0.2) is 19.5 Å². The summed E-state index contributed by atoms with van der Waals surface area (Å²) in [5, 5.41) is 5.39. The van der Waals surface area contributed by atoms with Crippen molar-refractivity contribution in [2.45, 2.75) is 38.6 Å². The summed E-state index contributed by atoms with van der Waals surface area (Å²) >= 11 is 3.64. The molecule has 0 radical (unpaired) electrons. The van der Waals surface area contributed by atoms with Gasteiger partial charge in [-0.15, -0.1) is 5.10 Å². The quantitative estimate of drug-likeness (QED) is 0.815. The van der Waals surface area contributed by atoms with Crippen molar-refractivity contribution in [3.05, 3.63) is 34.9 Å². The topological polar surface area (TPSA) is 39.3 Å². The van der Waals surface area contributed by atoms with Gasteiger partial charge in [-0.05, 0) is 30.4 Å². The maximum absolute atomic E-state index is 12.3. The molecule has 1 aliphatic rings. The van der Waals surface area contributed by atoms with Crippen molar-refractivity contribution < 1.29 is 0 Å². The lowest BCUT2D eigenvalue weighted by molar-refractivity contribution is 0.181. The van der Waals surface area contributed by atoms with Crippen LogP contribution in [0.15, 0.2) is 29.2 Å². The summed E-state index contributed by atoms with van der Waals surface area (Å²) in [6.07, 6.45) is 7.97. The van der Waals surface area contributed by atoms with E-state index in [0.717, 1.165) is 17.5 Å². The molecule has 0 unspecified atom stereocenters. The van der Waals surface area contributed by atoms with Crippen molar-refractivity contribution in [1.82, 2.24) is 14.2 Å². The number of fused-ring (bicyclic) bond motifs is 1. The van der Waals surface area contributed by atoms with Gasteiger partial charge in [0.2, 0.25) is 0 Å². The number of nitrogens with zero attached hydrogens (tertiary/aromatic N) is 3. The largest absolute Gasteiger partial charge is 0.350 e. The summed E-state index contributed by atoms with van der Waals surface area (Å²) in [4.78, 5) is 12.3. The van der Waals surface area contributed by atoms with Crippen LogP contribution in [0, 0.1) is 5.41 Å². The Morgan fingerprint density at radius 2 is 2.05 bits per heavy atom. The first-order chi connectivity index (χ1) is 9.24. The number of halogens is 1. The van der Waals surface area contributed by atoms with Gasteiger partial charge in [-0.25, -0.2) is 9.48 Å². The van der Waals surface area contributed by atoms with Gasteiger partial charge in [0.1, 0.15) is 0 Å². The maximum atomic E-state index is 12.3. The lowest BCUT2D eigenvalue weighted by Crippen LogP contribution is -2.35. The van der Waals surface area contributed by atoms with E-state index in [0.29, 0.717) is 0 Å². The van der Waals surface area contributed by atoms with Gasteiger partial charge in [0.05, 0.1) is 6.54 Å². The highest BCUT2D eigenvalue weighted by Crippen LogP contribution is 2.38. The van der Waals surface area contributed by atoms with Crippen molar-refractivity contribution in [2.75, 3.05) is 5.33 Å². The molecule has 5 heteroatoms. The standard InChI is InChI=1S/C14H18BrN3O/c15-10-14(7-3-1-4-8-14)11-18-13(19)17-9-5-2-6-12(17)16-18/h2,5-6,9H,1,3-4,7-8,10-11H2. The van der Waals surface area contributed by atoms with Crippen molar-refractivity contribution in [3.63, 3.8) is 0 Å². The molecule has 0 N–H and O–H groups in total. The first-order valence-electron chi connectivity index (χ1n) is 6.84. The molecule has 1 aliphatic carbocycles. The van der Waals surface area contributed by atoms with Gasteiger partial charge in [-0.2, -0.15) is 0 Å². The van der Waals surface area contributed by atoms with E-state index < -0.39 is 0 Å². The zero-order valence-corrected chi connectivity index (χ0v) is 12.5. The molecule has 1 fully saturated rings. The molecule has 2 aromatic rings. The highest BCUT2D eigenvalue weighted by atomic mass is 79.9. The Bertz CT molecular complexity index is 625. The lowest BCUT2D eigenvalue weighted by Gasteiger charge is -2.35. The second kappa shape index (κ2) is 5.12. The smallest absolute Gasteiger partial charge is 0.250 e. The number of pyridine rings is 1. The van der Waals surface area contributed by atoms with Gasteiger partial charge >= 0.3 is 5.69 Å². The van der Waals surface area contributed by atoms with Gasteiger partial charge < -0.3 is 0 Å². The van der Waals surface area contributed by atoms with E-state index in [1.807, 2.05) is 18.2 Å². The second-order valence-electron chi connectivity index (χ2n) is 5.56. The number of hydrogen-bond donors (Lipinski definition) is 0. The predicted molar refractivity (Wildman–Crippen MR) is 78.8 cm³/mol. The summed E-state index contributed by atoms with van der Waals surface area (Å²) in [7, 11) is 0. The predicted octanol–water partition coefficient (Wildman–Crippen LogP) is 2.84. The Morgan fingerprint density at radius 3 is 2.74 bits per heavy atom. The van der Waals surface area contributed by atoms with Crippen LogP contribution >= 0.6 is 15.9 Å². The van der Waals surface area contributed by atoms with Crippen LogP contribution in [0.2, 0.25) is 0 Å². The molecule has 1 saturated carbocycles. The summed E-state index contributed by atoms with van der Waals surface area (Å²) in [5.41, 5.74) is 0.898. The van der Waals surface area contributed by atoms with Crippen LogP contribution in [0.4, 0.5) is 0 Å². The lowest BCUT2D eigenvalue weighted by atomic mass is 9.76. The van der Waals surface area contributed by atoms with E-state index in [2.05, 4.69) is 21.0 Å². The fourth-order valence-electron chi connectivity index (χ4n) is 3.02. The fourth-order valence-corrected chi connectivity index (χ4v) is 3.76. The SMILES string of the molecule is O=c1n(CC2(CBr)CCCCC2)nc2ccccn12. The average molecular weight is 324 g/mol. The number of rotatable bonds is 3. The van der Waals surface area contributed by atoms with E-state index in [-0.39, 0.29) is 11.1 Å². The van der Waals surface area contributed by atoms with Gasteiger partial charge in [0.15, 0.2) is 5.65 Å². The van der Waals surface area contributed by atoms with Crippen molar-refractivity contribution >= 4 is 21.6 Å². The molecule has 0 atom stereocenters. The maximum Gasteiger partial charge on any atom is 0.350 e. The van der Waals surface area contributed by atoms with Crippen LogP contribution in [0.1, 0.15) is 32.1 Å². The minimum absolute atomic E-state index is 0.0264. The molecule has 2 aromatic heterocycles. The van der Waals surface area contributed by atoms with E-state index in [1.54, 1.807) is 15.3 Å². The molecule has 0 saturated heterocycles. The molecule has 0 bridgehead atoms. The highest BCUT2D eigenvalue weighted by Gasteiger charge is 2.32. The van der Waals surface area contributed by atoms with Crippen molar-refractivity contribution in [2.24, 2.45) is 5.41 Å². The monoisotopic (exact) mass is 323 g/mol. The van der Waals surface area contributed by atoms with Crippen LogP contribution in [0.5, 0.6) is 0 Å². The van der Waals surface area contributed by atoms with E-state index >= 15 is 0 Å². The van der Waals surface area contributed by atoms with Gasteiger partial charge in [-0.1, -0.05) is 41.3 Å². The van der Waals surface area contributed by atoms with Crippen LogP contribution in [0.25, 0.3) is 5.65 Å².